The second-order valence-corrected chi connectivity index (χ2v) is 7.69. The summed E-state index contributed by atoms with van der Waals surface area (Å²) in [5.74, 6) is 0.666. The van der Waals surface area contributed by atoms with E-state index in [4.69, 9.17) is 5.10 Å². The summed E-state index contributed by atoms with van der Waals surface area (Å²) in [6.07, 6.45) is 5.36. The van der Waals surface area contributed by atoms with Gasteiger partial charge in [0.05, 0.1) is 5.69 Å². The van der Waals surface area contributed by atoms with E-state index in [2.05, 4.69) is 36.5 Å². The van der Waals surface area contributed by atoms with Gasteiger partial charge in [-0.3, -0.25) is 4.79 Å². The Kier molecular flexibility index (Phi) is 4.81. The van der Waals surface area contributed by atoms with E-state index in [1.807, 2.05) is 16.6 Å². The molecule has 138 valence electrons. The summed E-state index contributed by atoms with van der Waals surface area (Å²) in [5.41, 5.74) is 5.37. The van der Waals surface area contributed by atoms with Crippen LogP contribution in [0.3, 0.4) is 0 Å². The summed E-state index contributed by atoms with van der Waals surface area (Å²) in [6, 6.07) is 8.40. The Balaban J connectivity index is 1.63. The van der Waals surface area contributed by atoms with Gasteiger partial charge in [0, 0.05) is 24.3 Å². The van der Waals surface area contributed by atoms with Crippen molar-refractivity contribution < 1.29 is 4.79 Å². The van der Waals surface area contributed by atoms with Gasteiger partial charge in [0.2, 0.25) is 0 Å². The Morgan fingerprint density at radius 3 is 2.81 bits per heavy atom. The van der Waals surface area contributed by atoms with Crippen LogP contribution < -0.4 is 5.32 Å². The topological polar surface area (TPSA) is 50.2 Å². The van der Waals surface area contributed by atoms with E-state index < -0.39 is 0 Å². The van der Waals surface area contributed by atoms with Crippen molar-refractivity contribution in [1.29, 1.82) is 0 Å². The minimum Gasteiger partial charge on any atom is -0.337 e. The highest BCUT2D eigenvalue weighted by Crippen LogP contribution is 2.29. The van der Waals surface area contributed by atoms with Crippen molar-refractivity contribution in [3.05, 3.63) is 46.8 Å². The number of benzene rings is 1. The van der Waals surface area contributed by atoms with Crippen LogP contribution in [0, 0.1) is 12.8 Å². The third-order valence-corrected chi connectivity index (χ3v) is 5.71. The first kappa shape index (κ1) is 17.3. The number of nitrogens with one attached hydrogen (secondary N) is 1. The summed E-state index contributed by atoms with van der Waals surface area (Å²) >= 11 is 0. The molecule has 1 saturated heterocycles. The van der Waals surface area contributed by atoms with E-state index in [1.165, 1.54) is 23.2 Å². The van der Waals surface area contributed by atoms with Crippen molar-refractivity contribution in [2.24, 2.45) is 5.92 Å². The molecule has 0 radical (unpaired) electrons. The molecule has 1 fully saturated rings. The zero-order valence-corrected chi connectivity index (χ0v) is 15.8. The number of rotatable bonds is 4. The number of nitrogens with zero attached hydrogens (tertiary/aromatic N) is 3. The van der Waals surface area contributed by atoms with Gasteiger partial charge in [-0.1, -0.05) is 17.7 Å². The van der Waals surface area contributed by atoms with E-state index in [-0.39, 0.29) is 5.91 Å². The molecule has 0 bridgehead atoms. The maximum atomic E-state index is 13.2. The van der Waals surface area contributed by atoms with Gasteiger partial charge in [0.25, 0.3) is 5.91 Å². The smallest absolute Gasteiger partial charge is 0.274 e. The fourth-order valence-electron chi connectivity index (χ4n) is 4.36. The van der Waals surface area contributed by atoms with Crippen LogP contribution in [-0.4, -0.2) is 47.3 Å². The predicted octanol–water partition coefficient (Wildman–Crippen LogP) is 2.74. The minimum atomic E-state index is 0.120. The number of aryl methyl sites for hydroxylation is 1. The molecule has 1 aromatic carbocycles. The van der Waals surface area contributed by atoms with Crippen molar-refractivity contribution in [1.82, 2.24) is 20.0 Å². The molecule has 4 rings (SSSR count). The molecule has 0 saturated carbocycles. The number of likely N-dealkylation sites (tertiary alicyclic amines) is 1. The molecule has 1 aromatic heterocycles. The van der Waals surface area contributed by atoms with Gasteiger partial charge in [-0.2, -0.15) is 5.10 Å². The summed E-state index contributed by atoms with van der Waals surface area (Å²) in [5, 5.41) is 8.04. The normalized spacial score (nSPS) is 19.6. The van der Waals surface area contributed by atoms with E-state index in [9.17, 15) is 4.79 Å². The average molecular weight is 352 g/mol. The minimum absolute atomic E-state index is 0.120. The van der Waals surface area contributed by atoms with Crippen LogP contribution in [0.1, 0.15) is 46.6 Å². The number of amides is 1. The Morgan fingerprint density at radius 1 is 1.23 bits per heavy atom. The molecule has 1 amide bonds. The second kappa shape index (κ2) is 7.23. The van der Waals surface area contributed by atoms with Crippen LogP contribution in [0.5, 0.6) is 0 Å². The lowest BCUT2D eigenvalue weighted by Crippen LogP contribution is -2.42. The largest absolute Gasteiger partial charge is 0.337 e. The van der Waals surface area contributed by atoms with Crippen molar-refractivity contribution in [3.8, 4) is 5.69 Å². The first-order valence-electron chi connectivity index (χ1n) is 9.79. The lowest BCUT2D eigenvalue weighted by molar-refractivity contribution is 0.0666. The molecule has 1 N–H and O–H groups in total. The molecule has 2 aliphatic rings. The van der Waals surface area contributed by atoms with E-state index in [0.717, 1.165) is 51.0 Å². The molecule has 26 heavy (non-hydrogen) atoms. The summed E-state index contributed by atoms with van der Waals surface area (Å²) in [7, 11) is 1.98. The number of piperidine rings is 1. The third kappa shape index (κ3) is 3.16. The quantitative estimate of drug-likeness (QED) is 0.920. The Labute approximate surface area is 155 Å². The molecule has 1 aliphatic carbocycles. The number of hydrogen-bond acceptors (Lipinski definition) is 3. The van der Waals surface area contributed by atoms with Gasteiger partial charge in [-0.15, -0.1) is 0 Å². The van der Waals surface area contributed by atoms with Gasteiger partial charge in [0.1, 0.15) is 0 Å². The first-order chi connectivity index (χ1) is 12.7. The highest BCUT2D eigenvalue weighted by Gasteiger charge is 2.31. The lowest BCUT2D eigenvalue weighted by Gasteiger charge is -2.32. The van der Waals surface area contributed by atoms with Crippen LogP contribution in [0.2, 0.25) is 0 Å². The highest BCUT2D eigenvalue weighted by molar-refractivity contribution is 5.94. The van der Waals surface area contributed by atoms with Crippen LogP contribution in [0.25, 0.3) is 5.69 Å². The molecule has 1 unspecified atom stereocenters. The lowest BCUT2D eigenvalue weighted by atomic mass is 9.97. The van der Waals surface area contributed by atoms with Gasteiger partial charge in [-0.25, -0.2) is 4.68 Å². The number of carbonyl (C=O) groups is 1. The van der Waals surface area contributed by atoms with E-state index in [1.54, 1.807) is 0 Å². The summed E-state index contributed by atoms with van der Waals surface area (Å²) < 4.78 is 2.00. The molecule has 0 spiro atoms. The molecule has 1 atom stereocenters. The van der Waals surface area contributed by atoms with Crippen LogP contribution in [-0.2, 0) is 12.8 Å². The first-order valence-corrected chi connectivity index (χ1v) is 9.79. The Morgan fingerprint density at radius 2 is 2.04 bits per heavy atom. The van der Waals surface area contributed by atoms with Crippen LogP contribution >= 0.6 is 0 Å². The predicted molar refractivity (Wildman–Crippen MR) is 103 cm³/mol. The van der Waals surface area contributed by atoms with E-state index >= 15 is 0 Å². The fourth-order valence-corrected chi connectivity index (χ4v) is 4.36. The van der Waals surface area contributed by atoms with Gasteiger partial charge >= 0.3 is 0 Å². The van der Waals surface area contributed by atoms with Gasteiger partial charge in [-0.05, 0) is 70.7 Å². The van der Waals surface area contributed by atoms with Gasteiger partial charge in [0.15, 0.2) is 5.69 Å². The standard InChI is InChI=1S/C21H28N4O/c1-15-8-10-17(11-9-15)25-19-7-3-6-18(19)20(23-25)21(26)24-12-4-5-16(14-24)13-22-2/h8-11,16,22H,3-7,12-14H2,1-2H3. The Hall–Kier alpha value is -2.14. The van der Waals surface area contributed by atoms with Crippen molar-refractivity contribution >= 4 is 5.91 Å². The fraction of sp³-hybridized carbons (Fsp3) is 0.524. The van der Waals surface area contributed by atoms with Crippen molar-refractivity contribution in [3.63, 3.8) is 0 Å². The molecule has 5 heteroatoms. The summed E-state index contributed by atoms with van der Waals surface area (Å²) in [6.45, 7) is 4.75. The number of hydrogen-bond donors (Lipinski definition) is 1. The highest BCUT2D eigenvalue weighted by atomic mass is 16.2. The third-order valence-electron chi connectivity index (χ3n) is 5.71. The zero-order chi connectivity index (χ0) is 18.1. The molecule has 5 nitrogen and oxygen atoms in total. The van der Waals surface area contributed by atoms with Crippen LogP contribution in [0.15, 0.2) is 24.3 Å². The second-order valence-electron chi connectivity index (χ2n) is 7.69. The maximum Gasteiger partial charge on any atom is 0.274 e. The van der Waals surface area contributed by atoms with E-state index in [0.29, 0.717) is 11.6 Å². The van der Waals surface area contributed by atoms with Gasteiger partial charge < -0.3 is 10.2 Å². The molecular formula is C21H28N4O. The summed E-state index contributed by atoms with van der Waals surface area (Å²) in [4.78, 5) is 15.3. The van der Waals surface area contributed by atoms with Crippen molar-refractivity contribution in [2.45, 2.75) is 39.0 Å². The maximum absolute atomic E-state index is 13.2. The SMILES string of the molecule is CNCC1CCCN(C(=O)c2nn(-c3ccc(C)cc3)c3c2CCC3)C1. The molecule has 1 aliphatic heterocycles. The monoisotopic (exact) mass is 352 g/mol. The van der Waals surface area contributed by atoms with Crippen molar-refractivity contribution in [2.75, 3.05) is 26.7 Å². The Bertz CT molecular complexity index is 791. The molecular weight excluding hydrogens is 324 g/mol. The number of fused-ring (bicyclic) bond motifs is 1. The molecule has 2 heterocycles. The average Bonchev–Trinajstić information content (AvgIpc) is 3.25. The van der Waals surface area contributed by atoms with Crippen LogP contribution in [0.4, 0.5) is 0 Å². The number of aromatic nitrogens is 2. The molecule has 2 aromatic rings. The number of carbonyl (C=O) groups excluding carboxylic acids is 1. The zero-order valence-electron chi connectivity index (χ0n) is 15.8.